The third-order valence-corrected chi connectivity index (χ3v) is 2.20. The summed E-state index contributed by atoms with van der Waals surface area (Å²) in [5, 5.41) is 0. The fourth-order valence-corrected chi connectivity index (χ4v) is 1.62. The lowest BCUT2D eigenvalue weighted by atomic mass is 10.0. The number of hydrogen-bond donors (Lipinski definition) is 1. The Balaban J connectivity index is 0.00000137. The molecule has 0 saturated heterocycles. The van der Waals surface area contributed by atoms with Crippen LogP contribution in [0.15, 0.2) is 24.3 Å². The van der Waals surface area contributed by atoms with Crippen molar-refractivity contribution in [2.24, 2.45) is 5.73 Å². The molecule has 0 aliphatic carbocycles. The molecule has 102 valence electrons. The van der Waals surface area contributed by atoms with Gasteiger partial charge in [-0.3, -0.25) is 4.79 Å². The van der Waals surface area contributed by atoms with Crippen molar-refractivity contribution < 1.29 is 9.53 Å². The SMILES string of the molecule is CC.CCOC(=O)Cc1cccc(CC(C)N)c1. The first kappa shape index (κ1) is 16.6. The Kier molecular flexibility index (Phi) is 8.93. The Hall–Kier alpha value is -1.35. The molecule has 0 fully saturated rings. The molecule has 1 aromatic rings. The second-order valence-electron chi connectivity index (χ2n) is 3.98. The van der Waals surface area contributed by atoms with E-state index in [0.717, 1.165) is 17.5 Å². The Labute approximate surface area is 110 Å². The Morgan fingerprint density at radius 2 is 1.94 bits per heavy atom. The van der Waals surface area contributed by atoms with Gasteiger partial charge >= 0.3 is 5.97 Å². The van der Waals surface area contributed by atoms with Crippen LogP contribution in [0, 0.1) is 0 Å². The normalized spacial score (nSPS) is 11.2. The number of hydrogen-bond acceptors (Lipinski definition) is 3. The molecule has 1 atom stereocenters. The molecular weight excluding hydrogens is 226 g/mol. The topological polar surface area (TPSA) is 52.3 Å². The van der Waals surface area contributed by atoms with Crippen molar-refractivity contribution in [2.75, 3.05) is 6.61 Å². The fourth-order valence-electron chi connectivity index (χ4n) is 1.62. The summed E-state index contributed by atoms with van der Waals surface area (Å²) in [5.74, 6) is -0.180. The molecule has 0 radical (unpaired) electrons. The van der Waals surface area contributed by atoms with Crippen molar-refractivity contribution in [3.63, 3.8) is 0 Å². The van der Waals surface area contributed by atoms with Gasteiger partial charge in [-0.15, -0.1) is 0 Å². The lowest BCUT2D eigenvalue weighted by Crippen LogP contribution is -2.17. The zero-order valence-electron chi connectivity index (χ0n) is 11.9. The van der Waals surface area contributed by atoms with Crippen molar-refractivity contribution in [2.45, 2.75) is 46.6 Å². The van der Waals surface area contributed by atoms with Crippen molar-refractivity contribution >= 4 is 5.97 Å². The predicted octanol–water partition coefficient (Wildman–Crippen LogP) is 2.71. The first-order valence-electron chi connectivity index (χ1n) is 6.60. The summed E-state index contributed by atoms with van der Waals surface area (Å²) in [5.41, 5.74) is 7.88. The van der Waals surface area contributed by atoms with E-state index in [1.54, 1.807) is 0 Å². The molecule has 0 saturated carbocycles. The summed E-state index contributed by atoms with van der Waals surface area (Å²) in [4.78, 5) is 11.3. The molecule has 1 unspecified atom stereocenters. The summed E-state index contributed by atoms with van der Waals surface area (Å²) in [6.45, 7) is 8.21. The summed E-state index contributed by atoms with van der Waals surface area (Å²) >= 11 is 0. The minimum atomic E-state index is -0.180. The highest BCUT2D eigenvalue weighted by Gasteiger charge is 2.05. The molecule has 0 aliphatic heterocycles. The smallest absolute Gasteiger partial charge is 0.310 e. The van der Waals surface area contributed by atoms with E-state index in [4.69, 9.17) is 10.5 Å². The second kappa shape index (κ2) is 9.66. The highest BCUT2D eigenvalue weighted by atomic mass is 16.5. The molecule has 0 spiro atoms. The van der Waals surface area contributed by atoms with Crippen LogP contribution in [0.5, 0.6) is 0 Å². The highest BCUT2D eigenvalue weighted by molar-refractivity contribution is 5.72. The Bertz CT molecular complexity index is 348. The maximum absolute atomic E-state index is 11.3. The molecule has 3 heteroatoms. The molecule has 1 aromatic carbocycles. The van der Waals surface area contributed by atoms with Crippen LogP contribution in [0.3, 0.4) is 0 Å². The number of carbonyl (C=O) groups excluding carboxylic acids is 1. The van der Waals surface area contributed by atoms with Crippen molar-refractivity contribution in [1.82, 2.24) is 0 Å². The third-order valence-electron chi connectivity index (χ3n) is 2.20. The number of carbonyl (C=O) groups is 1. The molecule has 1 rings (SSSR count). The number of nitrogens with two attached hydrogens (primary N) is 1. The number of ether oxygens (including phenoxy) is 1. The Morgan fingerprint density at radius 3 is 2.50 bits per heavy atom. The van der Waals surface area contributed by atoms with E-state index < -0.39 is 0 Å². The zero-order chi connectivity index (χ0) is 14.0. The van der Waals surface area contributed by atoms with Crippen molar-refractivity contribution in [1.29, 1.82) is 0 Å². The second-order valence-corrected chi connectivity index (χ2v) is 3.98. The van der Waals surface area contributed by atoms with E-state index in [2.05, 4.69) is 0 Å². The van der Waals surface area contributed by atoms with E-state index in [0.29, 0.717) is 13.0 Å². The summed E-state index contributed by atoms with van der Waals surface area (Å²) in [6.07, 6.45) is 1.16. The van der Waals surface area contributed by atoms with Crippen LogP contribution in [-0.4, -0.2) is 18.6 Å². The van der Waals surface area contributed by atoms with E-state index in [1.807, 2.05) is 52.0 Å². The fraction of sp³-hybridized carbons (Fsp3) is 0.533. The van der Waals surface area contributed by atoms with Gasteiger partial charge in [-0.25, -0.2) is 0 Å². The first-order chi connectivity index (χ1) is 8.61. The number of rotatable bonds is 5. The minimum absolute atomic E-state index is 0.137. The van der Waals surface area contributed by atoms with Crippen LogP contribution < -0.4 is 5.73 Å². The summed E-state index contributed by atoms with van der Waals surface area (Å²) in [7, 11) is 0. The van der Waals surface area contributed by atoms with Gasteiger partial charge in [0, 0.05) is 6.04 Å². The molecular formula is C15H25NO2. The molecule has 0 amide bonds. The highest BCUT2D eigenvalue weighted by Crippen LogP contribution is 2.08. The molecule has 3 nitrogen and oxygen atoms in total. The van der Waals surface area contributed by atoms with Gasteiger partial charge < -0.3 is 10.5 Å². The molecule has 0 aliphatic rings. The quantitative estimate of drug-likeness (QED) is 0.819. The van der Waals surface area contributed by atoms with E-state index in [9.17, 15) is 4.79 Å². The predicted molar refractivity (Wildman–Crippen MR) is 75.5 cm³/mol. The lowest BCUT2D eigenvalue weighted by molar-refractivity contribution is -0.142. The van der Waals surface area contributed by atoms with Crippen LogP contribution in [0.1, 0.15) is 38.8 Å². The Morgan fingerprint density at radius 1 is 1.33 bits per heavy atom. The minimum Gasteiger partial charge on any atom is -0.466 e. The zero-order valence-corrected chi connectivity index (χ0v) is 11.9. The third kappa shape index (κ3) is 7.07. The van der Waals surface area contributed by atoms with Crippen LogP contribution in [0.2, 0.25) is 0 Å². The van der Waals surface area contributed by atoms with Crippen LogP contribution in [-0.2, 0) is 22.4 Å². The van der Waals surface area contributed by atoms with Gasteiger partial charge in [0.2, 0.25) is 0 Å². The van der Waals surface area contributed by atoms with E-state index >= 15 is 0 Å². The summed E-state index contributed by atoms with van der Waals surface area (Å²) in [6, 6.07) is 8.06. The van der Waals surface area contributed by atoms with Gasteiger partial charge in [0.1, 0.15) is 0 Å². The molecule has 0 bridgehead atoms. The van der Waals surface area contributed by atoms with E-state index in [1.165, 1.54) is 0 Å². The van der Waals surface area contributed by atoms with Crippen LogP contribution >= 0.6 is 0 Å². The molecule has 18 heavy (non-hydrogen) atoms. The van der Waals surface area contributed by atoms with Gasteiger partial charge in [-0.2, -0.15) is 0 Å². The molecule has 2 N–H and O–H groups in total. The average Bonchev–Trinajstić information content (AvgIpc) is 2.31. The van der Waals surface area contributed by atoms with Gasteiger partial charge in [0.15, 0.2) is 0 Å². The monoisotopic (exact) mass is 251 g/mol. The largest absolute Gasteiger partial charge is 0.466 e. The van der Waals surface area contributed by atoms with Crippen LogP contribution in [0.25, 0.3) is 0 Å². The van der Waals surface area contributed by atoms with Crippen LogP contribution in [0.4, 0.5) is 0 Å². The van der Waals surface area contributed by atoms with Gasteiger partial charge in [0.25, 0.3) is 0 Å². The number of esters is 1. The maximum Gasteiger partial charge on any atom is 0.310 e. The van der Waals surface area contributed by atoms with Crippen molar-refractivity contribution in [3.8, 4) is 0 Å². The van der Waals surface area contributed by atoms with Gasteiger partial charge in [-0.1, -0.05) is 38.1 Å². The van der Waals surface area contributed by atoms with Crippen molar-refractivity contribution in [3.05, 3.63) is 35.4 Å². The molecule has 0 heterocycles. The maximum atomic E-state index is 11.3. The van der Waals surface area contributed by atoms with Gasteiger partial charge in [-0.05, 0) is 31.4 Å². The average molecular weight is 251 g/mol. The lowest BCUT2D eigenvalue weighted by Gasteiger charge is -2.07. The molecule has 0 aromatic heterocycles. The first-order valence-corrected chi connectivity index (χ1v) is 6.60. The number of benzene rings is 1. The van der Waals surface area contributed by atoms with E-state index in [-0.39, 0.29) is 12.0 Å². The standard InChI is InChI=1S/C13H19NO2.C2H6/c1-3-16-13(15)9-12-6-4-5-11(8-12)7-10(2)14;1-2/h4-6,8,10H,3,7,9,14H2,1-2H3;1-2H3. The van der Waals surface area contributed by atoms with Gasteiger partial charge in [0.05, 0.1) is 13.0 Å². The summed E-state index contributed by atoms with van der Waals surface area (Å²) < 4.78 is 4.90.